The minimum absolute atomic E-state index is 0.358. The Bertz CT molecular complexity index is 128. The number of aldehydes is 1. The van der Waals surface area contributed by atoms with Crippen molar-refractivity contribution < 1.29 is 15.0 Å². The lowest BCUT2D eigenvalue weighted by molar-refractivity contribution is -0.119. The molecule has 1 fully saturated rings. The van der Waals surface area contributed by atoms with Gasteiger partial charge in [-0.2, -0.15) is 0 Å². The summed E-state index contributed by atoms with van der Waals surface area (Å²) < 4.78 is 0. The molecule has 0 aromatic rings. The molecule has 1 rings (SSSR count). The van der Waals surface area contributed by atoms with Gasteiger partial charge in [-0.3, -0.25) is 5.32 Å². The highest BCUT2D eigenvalue weighted by molar-refractivity contribution is 5.54. The maximum Gasteiger partial charge on any atom is 0.127 e. The lowest BCUT2D eigenvalue weighted by Gasteiger charge is -2.28. The smallest absolute Gasteiger partial charge is 0.127 e. The first kappa shape index (κ1) is 7.65. The zero-order valence-electron chi connectivity index (χ0n) is 5.53. The van der Waals surface area contributed by atoms with E-state index in [-0.39, 0.29) is 5.92 Å². The second-order valence-electron chi connectivity index (χ2n) is 2.50. The van der Waals surface area contributed by atoms with Crippen LogP contribution in [0.1, 0.15) is 12.8 Å². The summed E-state index contributed by atoms with van der Waals surface area (Å²) >= 11 is 0. The largest absolute Gasteiger partial charge is 0.379 e. The van der Waals surface area contributed by atoms with E-state index in [0.29, 0.717) is 19.1 Å². The lowest BCUT2D eigenvalue weighted by Crippen LogP contribution is -2.47. The number of hydrogen-bond acceptors (Lipinski definition) is 4. The fraction of sp³-hybridized carbons (Fsp3) is 0.833. The second-order valence-corrected chi connectivity index (χ2v) is 2.50. The molecule has 0 aromatic carbocycles. The van der Waals surface area contributed by atoms with Crippen molar-refractivity contribution in [3.8, 4) is 0 Å². The molecule has 0 bridgehead atoms. The highest BCUT2D eigenvalue weighted by Gasteiger charge is 2.26. The second kappa shape index (κ2) is 3.09. The Balaban J connectivity index is 2.43. The number of aliphatic hydroxyl groups excluding tert-OH is 2. The number of piperidine rings is 1. The average molecular weight is 145 g/mol. The molecule has 10 heavy (non-hydrogen) atoms. The standard InChI is InChI=1S/C6H11NO3/c8-3-4-1-2-5(9)7-6(4)10/h3-7,9-10H,1-2H2. The van der Waals surface area contributed by atoms with Gasteiger partial charge in [0.2, 0.25) is 0 Å². The van der Waals surface area contributed by atoms with Crippen LogP contribution < -0.4 is 5.32 Å². The molecule has 3 unspecified atom stereocenters. The van der Waals surface area contributed by atoms with Gasteiger partial charge in [-0.25, -0.2) is 0 Å². The quantitative estimate of drug-likeness (QED) is 0.406. The van der Waals surface area contributed by atoms with Gasteiger partial charge in [0.05, 0.1) is 5.92 Å². The van der Waals surface area contributed by atoms with E-state index in [2.05, 4.69) is 5.32 Å². The normalized spacial score (nSPS) is 41.2. The molecule has 4 nitrogen and oxygen atoms in total. The first-order valence-corrected chi connectivity index (χ1v) is 3.31. The summed E-state index contributed by atoms with van der Waals surface area (Å²) in [5, 5.41) is 20.4. The molecule has 0 radical (unpaired) electrons. The molecule has 0 aliphatic carbocycles. The van der Waals surface area contributed by atoms with Gasteiger partial charge in [0, 0.05) is 0 Å². The molecule has 0 aromatic heterocycles. The van der Waals surface area contributed by atoms with Gasteiger partial charge in [-0.15, -0.1) is 0 Å². The maximum absolute atomic E-state index is 10.2. The van der Waals surface area contributed by atoms with Crippen LogP contribution in [-0.4, -0.2) is 29.0 Å². The van der Waals surface area contributed by atoms with E-state index < -0.39 is 12.5 Å². The van der Waals surface area contributed by atoms with E-state index in [1.807, 2.05) is 0 Å². The van der Waals surface area contributed by atoms with Crippen molar-refractivity contribution in [2.24, 2.45) is 5.92 Å². The minimum atomic E-state index is -0.874. The molecule has 0 saturated carbocycles. The van der Waals surface area contributed by atoms with Gasteiger partial charge in [0.1, 0.15) is 18.7 Å². The summed E-state index contributed by atoms with van der Waals surface area (Å²) in [6, 6.07) is 0. The number of carbonyl (C=O) groups excluding carboxylic acids is 1. The summed E-state index contributed by atoms with van der Waals surface area (Å²) in [4.78, 5) is 10.2. The van der Waals surface area contributed by atoms with E-state index in [1.54, 1.807) is 0 Å². The molecule has 1 saturated heterocycles. The Kier molecular flexibility index (Phi) is 2.37. The number of carbonyl (C=O) groups is 1. The number of rotatable bonds is 1. The number of aliphatic hydroxyl groups is 2. The third kappa shape index (κ3) is 1.53. The lowest BCUT2D eigenvalue weighted by atomic mass is 9.98. The Morgan fingerprint density at radius 3 is 2.60 bits per heavy atom. The summed E-state index contributed by atoms with van der Waals surface area (Å²) in [5.41, 5.74) is 0. The Labute approximate surface area is 58.9 Å². The van der Waals surface area contributed by atoms with E-state index in [4.69, 9.17) is 10.2 Å². The Morgan fingerprint density at radius 2 is 2.10 bits per heavy atom. The predicted octanol–water partition coefficient (Wildman–Crippen LogP) is -1.18. The van der Waals surface area contributed by atoms with Crippen molar-refractivity contribution in [3.63, 3.8) is 0 Å². The van der Waals surface area contributed by atoms with Crippen LogP contribution in [0.15, 0.2) is 0 Å². The molecule has 58 valence electrons. The molecule has 1 heterocycles. The van der Waals surface area contributed by atoms with Crippen LogP contribution >= 0.6 is 0 Å². The molecule has 0 amide bonds. The van der Waals surface area contributed by atoms with E-state index >= 15 is 0 Å². The van der Waals surface area contributed by atoms with Crippen LogP contribution in [0.5, 0.6) is 0 Å². The maximum atomic E-state index is 10.2. The first-order chi connectivity index (χ1) is 4.74. The summed E-state index contributed by atoms with van der Waals surface area (Å²) in [6.45, 7) is 0. The van der Waals surface area contributed by atoms with Gasteiger partial charge in [-0.1, -0.05) is 0 Å². The molecule has 3 atom stereocenters. The van der Waals surface area contributed by atoms with Crippen LogP contribution in [0, 0.1) is 5.92 Å². The average Bonchev–Trinajstić information content (AvgIpc) is 1.88. The van der Waals surface area contributed by atoms with Gasteiger partial charge < -0.3 is 15.0 Å². The van der Waals surface area contributed by atoms with Gasteiger partial charge in [0.25, 0.3) is 0 Å². The zero-order valence-corrected chi connectivity index (χ0v) is 5.53. The van der Waals surface area contributed by atoms with Gasteiger partial charge >= 0.3 is 0 Å². The SMILES string of the molecule is O=CC1CCC(O)NC1O. The van der Waals surface area contributed by atoms with Crippen molar-refractivity contribution in [3.05, 3.63) is 0 Å². The zero-order chi connectivity index (χ0) is 7.56. The Hall–Kier alpha value is -0.450. The Morgan fingerprint density at radius 1 is 1.40 bits per heavy atom. The highest BCUT2D eigenvalue weighted by Crippen LogP contribution is 2.14. The van der Waals surface area contributed by atoms with Crippen molar-refractivity contribution in [1.82, 2.24) is 5.32 Å². The third-order valence-corrected chi connectivity index (χ3v) is 1.72. The van der Waals surface area contributed by atoms with Crippen molar-refractivity contribution in [1.29, 1.82) is 0 Å². The summed E-state index contributed by atoms with van der Waals surface area (Å²) in [5.74, 6) is -0.358. The molecule has 1 aliphatic heterocycles. The van der Waals surface area contributed by atoms with E-state index in [0.717, 1.165) is 0 Å². The van der Waals surface area contributed by atoms with E-state index in [1.165, 1.54) is 0 Å². The summed E-state index contributed by atoms with van der Waals surface area (Å²) in [6.07, 6.45) is 0.260. The van der Waals surface area contributed by atoms with Crippen LogP contribution in [0.2, 0.25) is 0 Å². The van der Waals surface area contributed by atoms with Crippen molar-refractivity contribution >= 4 is 6.29 Å². The monoisotopic (exact) mass is 145 g/mol. The molecule has 4 heteroatoms. The number of hydrogen-bond donors (Lipinski definition) is 3. The fourth-order valence-corrected chi connectivity index (χ4v) is 1.05. The van der Waals surface area contributed by atoms with Crippen molar-refractivity contribution in [2.45, 2.75) is 25.3 Å². The van der Waals surface area contributed by atoms with E-state index in [9.17, 15) is 4.79 Å². The topological polar surface area (TPSA) is 69.6 Å². The predicted molar refractivity (Wildman–Crippen MR) is 33.9 cm³/mol. The van der Waals surface area contributed by atoms with Gasteiger partial charge in [0.15, 0.2) is 0 Å². The minimum Gasteiger partial charge on any atom is -0.379 e. The molecule has 0 spiro atoms. The van der Waals surface area contributed by atoms with Crippen LogP contribution in [0.3, 0.4) is 0 Å². The fourth-order valence-electron chi connectivity index (χ4n) is 1.05. The van der Waals surface area contributed by atoms with Crippen LogP contribution in [-0.2, 0) is 4.79 Å². The highest BCUT2D eigenvalue weighted by atomic mass is 16.3. The summed E-state index contributed by atoms with van der Waals surface area (Å²) in [7, 11) is 0. The molecular weight excluding hydrogens is 134 g/mol. The van der Waals surface area contributed by atoms with Crippen molar-refractivity contribution in [2.75, 3.05) is 0 Å². The number of nitrogens with one attached hydrogen (secondary N) is 1. The third-order valence-electron chi connectivity index (χ3n) is 1.72. The van der Waals surface area contributed by atoms with Gasteiger partial charge in [-0.05, 0) is 12.8 Å². The molecule has 3 N–H and O–H groups in total. The first-order valence-electron chi connectivity index (χ1n) is 3.31. The van der Waals surface area contributed by atoms with Crippen LogP contribution in [0.4, 0.5) is 0 Å². The molecular formula is C6H11NO3. The molecule has 1 aliphatic rings. The van der Waals surface area contributed by atoms with Crippen LogP contribution in [0.25, 0.3) is 0 Å².